The largest absolute Gasteiger partial charge is 0.473 e. The second-order valence-corrected chi connectivity index (χ2v) is 10.4. The molecule has 1 atom stereocenters. The number of benzene rings is 1. The minimum atomic E-state index is -2.24. The molecule has 1 aromatic heterocycles. The second-order valence-electron chi connectivity index (χ2n) is 7.14. The lowest BCUT2D eigenvalue weighted by atomic mass is 10.2. The van der Waals surface area contributed by atoms with E-state index in [0.717, 1.165) is 36.2 Å². The summed E-state index contributed by atoms with van der Waals surface area (Å²) < 4.78 is 19.6. The van der Waals surface area contributed by atoms with Gasteiger partial charge >= 0.3 is 5.69 Å². The molecule has 2 aromatic rings. The van der Waals surface area contributed by atoms with Crippen LogP contribution in [0.3, 0.4) is 0 Å². The van der Waals surface area contributed by atoms with E-state index in [1.165, 1.54) is 6.42 Å². The molecule has 0 aliphatic carbocycles. The van der Waals surface area contributed by atoms with E-state index in [0.29, 0.717) is 18.5 Å². The maximum Gasteiger partial charge on any atom is 0.352 e. The van der Waals surface area contributed by atoms with Crippen molar-refractivity contribution in [2.45, 2.75) is 32.0 Å². The Bertz CT molecular complexity index is 901. The number of anilines is 1. The molecule has 1 unspecified atom stereocenters. The number of rotatable bonds is 4. The average molecular weight is 359 g/mol. The highest BCUT2D eigenvalue weighted by atomic mass is 31.2. The summed E-state index contributed by atoms with van der Waals surface area (Å²) in [5.74, 6) is 1.29. The lowest BCUT2D eigenvalue weighted by Crippen LogP contribution is -2.24. The lowest BCUT2D eigenvalue weighted by molar-refractivity contribution is 0.291. The molecule has 1 saturated heterocycles. The fourth-order valence-electron chi connectivity index (χ4n) is 3.60. The Balaban J connectivity index is 1.51. The van der Waals surface area contributed by atoms with Gasteiger partial charge in [-0.05, 0) is 31.7 Å². The Morgan fingerprint density at radius 1 is 1.28 bits per heavy atom. The van der Waals surface area contributed by atoms with Gasteiger partial charge in [0.25, 0.3) is 0 Å². The molecule has 1 fully saturated rings. The van der Waals surface area contributed by atoms with Gasteiger partial charge in [-0.2, -0.15) is 4.98 Å². The number of nitrogens with zero attached hydrogens (tertiary/aromatic N) is 3. The van der Waals surface area contributed by atoms with Crippen molar-refractivity contribution in [1.82, 2.24) is 9.55 Å². The molecule has 0 bridgehead atoms. The smallest absolute Gasteiger partial charge is 0.352 e. The first-order valence-corrected chi connectivity index (χ1v) is 11.2. The van der Waals surface area contributed by atoms with Crippen molar-refractivity contribution >= 4 is 18.3 Å². The summed E-state index contributed by atoms with van der Waals surface area (Å²) in [7, 11) is -2.24. The predicted octanol–water partition coefficient (Wildman–Crippen LogP) is 2.05. The van der Waals surface area contributed by atoms with Crippen LogP contribution in [-0.4, -0.2) is 35.5 Å². The van der Waals surface area contributed by atoms with E-state index in [1.807, 2.05) is 30.3 Å². The summed E-state index contributed by atoms with van der Waals surface area (Å²) in [6.07, 6.45) is 2.30. The van der Waals surface area contributed by atoms with Crippen LogP contribution in [0, 0.1) is 0 Å². The summed E-state index contributed by atoms with van der Waals surface area (Å²) in [6.45, 7) is 5.56. The van der Waals surface area contributed by atoms with Gasteiger partial charge in [0.15, 0.2) is 0 Å². The zero-order valence-corrected chi connectivity index (χ0v) is 15.4. The molecule has 0 radical (unpaired) electrons. The molecule has 0 saturated carbocycles. The molecule has 0 spiro atoms. The van der Waals surface area contributed by atoms with Crippen LogP contribution in [0.5, 0.6) is 5.88 Å². The number of aromatic nitrogens is 2. The minimum absolute atomic E-state index is 0.241. The van der Waals surface area contributed by atoms with Gasteiger partial charge in [0.2, 0.25) is 5.88 Å². The van der Waals surface area contributed by atoms with Gasteiger partial charge < -0.3 is 14.2 Å². The van der Waals surface area contributed by atoms with Crippen LogP contribution in [0.15, 0.2) is 35.1 Å². The van der Waals surface area contributed by atoms with Crippen molar-refractivity contribution in [2.75, 3.05) is 24.8 Å². The number of hydrogen-bond acceptors (Lipinski definition) is 5. The molecule has 4 rings (SSSR count). The van der Waals surface area contributed by atoms with Crippen molar-refractivity contribution in [3.8, 4) is 5.88 Å². The number of fused-ring (bicyclic) bond motifs is 3. The summed E-state index contributed by atoms with van der Waals surface area (Å²) in [6, 6.07) is 9.86. The van der Waals surface area contributed by atoms with Gasteiger partial charge in [0.1, 0.15) is 19.6 Å². The van der Waals surface area contributed by atoms with Gasteiger partial charge in [-0.3, -0.25) is 4.57 Å². The van der Waals surface area contributed by atoms with Gasteiger partial charge in [-0.15, -0.1) is 0 Å². The SMILES string of the molecule is CP(C)(=O)c1ccc(COc2cc3n(c(=O)n2)CC2CCCN32)cc1. The monoisotopic (exact) mass is 359 g/mol. The van der Waals surface area contributed by atoms with E-state index in [1.54, 1.807) is 17.9 Å². The number of hydrogen-bond donors (Lipinski definition) is 0. The van der Waals surface area contributed by atoms with E-state index in [-0.39, 0.29) is 5.69 Å². The van der Waals surface area contributed by atoms with E-state index in [4.69, 9.17) is 4.74 Å². The second kappa shape index (κ2) is 6.03. The molecule has 3 heterocycles. The van der Waals surface area contributed by atoms with Crippen molar-refractivity contribution in [1.29, 1.82) is 0 Å². The quantitative estimate of drug-likeness (QED) is 0.782. The average Bonchev–Trinajstić information content (AvgIpc) is 3.15. The Labute approximate surface area is 146 Å². The third kappa shape index (κ3) is 3.11. The third-order valence-electron chi connectivity index (χ3n) is 4.98. The van der Waals surface area contributed by atoms with Crippen LogP contribution in [0.25, 0.3) is 0 Å². The molecule has 132 valence electrons. The first kappa shape index (κ1) is 16.4. The van der Waals surface area contributed by atoms with Crippen LogP contribution in [0.2, 0.25) is 0 Å². The molecular weight excluding hydrogens is 337 g/mol. The summed E-state index contributed by atoms with van der Waals surface area (Å²) >= 11 is 0. The first-order chi connectivity index (χ1) is 11.9. The highest BCUT2D eigenvalue weighted by molar-refractivity contribution is 7.70. The van der Waals surface area contributed by atoms with Crippen LogP contribution in [0.4, 0.5) is 5.82 Å². The minimum Gasteiger partial charge on any atom is -0.473 e. The maximum atomic E-state index is 12.2. The lowest BCUT2D eigenvalue weighted by Gasteiger charge is -2.17. The third-order valence-corrected chi connectivity index (χ3v) is 6.52. The molecule has 2 aliphatic rings. The Morgan fingerprint density at radius 3 is 2.76 bits per heavy atom. The standard InChI is InChI=1S/C18H22N3O3P/c1-25(2,23)15-7-5-13(6-8-15)12-24-16-10-17-20-9-3-4-14(20)11-21(17)18(22)19-16/h5-8,10,14H,3-4,9,11-12H2,1-2H3. The molecule has 1 aromatic carbocycles. The van der Waals surface area contributed by atoms with E-state index in [9.17, 15) is 9.36 Å². The Kier molecular flexibility index (Phi) is 3.95. The fraction of sp³-hybridized carbons (Fsp3) is 0.444. The van der Waals surface area contributed by atoms with E-state index < -0.39 is 7.14 Å². The van der Waals surface area contributed by atoms with Crippen molar-refractivity contribution in [3.05, 3.63) is 46.4 Å². The van der Waals surface area contributed by atoms with E-state index >= 15 is 0 Å². The highest BCUT2D eigenvalue weighted by Gasteiger charge is 2.34. The Morgan fingerprint density at radius 2 is 2.04 bits per heavy atom. The predicted molar refractivity (Wildman–Crippen MR) is 98.7 cm³/mol. The first-order valence-electron chi connectivity index (χ1n) is 8.57. The zero-order chi connectivity index (χ0) is 17.6. The van der Waals surface area contributed by atoms with Gasteiger partial charge in [0, 0.05) is 30.5 Å². The van der Waals surface area contributed by atoms with Crippen LogP contribution >= 0.6 is 7.14 Å². The highest BCUT2D eigenvalue weighted by Crippen LogP contribution is 2.34. The molecule has 25 heavy (non-hydrogen) atoms. The van der Waals surface area contributed by atoms with Gasteiger partial charge in [0.05, 0.1) is 0 Å². The summed E-state index contributed by atoms with van der Waals surface area (Å²) in [5.41, 5.74) is 0.716. The van der Waals surface area contributed by atoms with Crippen molar-refractivity contribution < 1.29 is 9.30 Å². The van der Waals surface area contributed by atoms with Crippen LogP contribution in [0.1, 0.15) is 18.4 Å². The molecule has 2 aliphatic heterocycles. The topological polar surface area (TPSA) is 64.4 Å². The van der Waals surface area contributed by atoms with Gasteiger partial charge in [-0.25, -0.2) is 4.79 Å². The molecule has 7 heteroatoms. The number of ether oxygens (including phenoxy) is 1. The molecular formula is C18H22N3O3P. The maximum absolute atomic E-state index is 12.2. The molecule has 0 amide bonds. The fourth-order valence-corrected chi connectivity index (χ4v) is 4.47. The van der Waals surface area contributed by atoms with Crippen molar-refractivity contribution in [2.24, 2.45) is 0 Å². The van der Waals surface area contributed by atoms with E-state index in [2.05, 4.69) is 9.88 Å². The normalized spacial score (nSPS) is 19.0. The summed E-state index contributed by atoms with van der Waals surface area (Å²) in [4.78, 5) is 18.6. The molecule has 0 N–H and O–H groups in total. The Hall–Kier alpha value is -2.07. The summed E-state index contributed by atoms with van der Waals surface area (Å²) in [5, 5.41) is 0.852. The van der Waals surface area contributed by atoms with Crippen molar-refractivity contribution in [3.63, 3.8) is 0 Å². The zero-order valence-electron chi connectivity index (χ0n) is 14.5. The molecule has 6 nitrogen and oxygen atoms in total. The van der Waals surface area contributed by atoms with Crippen LogP contribution < -0.4 is 20.6 Å². The van der Waals surface area contributed by atoms with Crippen LogP contribution in [-0.2, 0) is 17.7 Å². The van der Waals surface area contributed by atoms with Gasteiger partial charge in [-0.1, -0.05) is 24.3 Å².